The molecule has 0 radical (unpaired) electrons. The van der Waals surface area contributed by atoms with Gasteiger partial charge in [0.1, 0.15) is 16.8 Å². The lowest BCUT2D eigenvalue weighted by atomic mass is 10.0. The maximum Gasteiger partial charge on any atom is 0.137 e. The summed E-state index contributed by atoms with van der Waals surface area (Å²) >= 11 is 6.29. The quantitative estimate of drug-likeness (QED) is 0.778. The van der Waals surface area contributed by atoms with E-state index < -0.39 is 0 Å². The summed E-state index contributed by atoms with van der Waals surface area (Å²) in [6, 6.07) is 0.574. The third kappa shape index (κ3) is 2.86. The molecule has 1 saturated heterocycles. The maximum absolute atomic E-state index is 6.29. The summed E-state index contributed by atoms with van der Waals surface area (Å²) in [6.07, 6.45) is 2.48. The molecular formula is C15H24ClN3. The summed E-state index contributed by atoms with van der Waals surface area (Å²) < 4.78 is 0. The van der Waals surface area contributed by atoms with Gasteiger partial charge in [-0.25, -0.2) is 9.97 Å². The highest BCUT2D eigenvalue weighted by atomic mass is 35.5. The molecule has 2 heterocycles. The molecule has 19 heavy (non-hydrogen) atoms. The van der Waals surface area contributed by atoms with Crippen molar-refractivity contribution in [2.75, 3.05) is 11.4 Å². The largest absolute Gasteiger partial charge is 0.353 e. The van der Waals surface area contributed by atoms with Crippen molar-refractivity contribution in [3.63, 3.8) is 0 Å². The molecule has 0 aromatic carbocycles. The minimum absolute atomic E-state index is 0.303. The summed E-state index contributed by atoms with van der Waals surface area (Å²) in [5, 5.41) is 0.600. The predicted octanol–water partition coefficient (Wildman–Crippen LogP) is 4.19. The van der Waals surface area contributed by atoms with Gasteiger partial charge in [-0.05, 0) is 25.7 Å². The summed E-state index contributed by atoms with van der Waals surface area (Å²) in [5.74, 6) is 2.83. The molecule has 3 nitrogen and oxygen atoms in total. The molecule has 1 aliphatic rings. The first-order valence-corrected chi connectivity index (χ1v) is 7.60. The second-order valence-electron chi connectivity index (χ2n) is 6.12. The fourth-order valence-electron chi connectivity index (χ4n) is 2.78. The van der Waals surface area contributed by atoms with E-state index in [0.717, 1.165) is 23.8 Å². The Morgan fingerprint density at radius 3 is 2.47 bits per heavy atom. The molecule has 106 valence electrons. The van der Waals surface area contributed by atoms with Crippen molar-refractivity contribution < 1.29 is 0 Å². The van der Waals surface area contributed by atoms with Gasteiger partial charge in [0.25, 0.3) is 0 Å². The molecule has 1 aromatic heterocycles. The van der Waals surface area contributed by atoms with Gasteiger partial charge in [-0.3, -0.25) is 0 Å². The zero-order valence-electron chi connectivity index (χ0n) is 12.6. The summed E-state index contributed by atoms with van der Waals surface area (Å²) in [5.41, 5.74) is 1.01. The average molecular weight is 282 g/mol. The van der Waals surface area contributed by atoms with Crippen LogP contribution in [0, 0.1) is 12.8 Å². The van der Waals surface area contributed by atoms with Gasteiger partial charge in [0.2, 0.25) is 0 Å². The molecule has 0 bridgehead atoms. The number of hydrogen-bond acceptors (Lipinski definition) is 3. The van der Waals surface area contributed by atoms with Crippen LogP contribution < -0.4 is 4.90 Å². The van der Waals surface area contributed by atoms with E-state index in [1.807, 2.05) is 6.92 Å². The van der Waals surface area contributed by atoms with Gasteiger partial charge in [-0.15, -0.1) is 0 Å². The molecule has 2 rings (SSSR count). The number of rotatable bonds is 3. The van der Waals surface area contributed by atoms with Crippen LogP contribution in [0.25, 0.3) is 0 Å². The highest BCUT2D eigenvalue weighted by Gasteiger charge is 2.30. The highest BCUT2D eigenvalue weighted by Crippen LogP contribution is 2.33. The van der Waals surface area contributed by atoms with Crippen LogP contribution >= 0.6 is 11.6 Å². The lowest BCUT2D eigenvalue weighted by Crippen LogP contribution is -2.35. The molecule has 1 fully saturated rings. The van der Waals surface area contributed by atoms with E-state index >= 15 is 0 Å². The van der Waals surface area contributed by atoms with E-state index in [-0.39, 0.29) is 0 Å². The van der Waals surface area contributed by atoms with Gasteiger partial charge in [0.05, 0.1) is 0 Å². The van der Waals surface area contributed by atoms with Crippen molar-refractivity contribution in [1.82, 2.24) is 9.97 Å². The highest BCUT2D eigenvalue weighted by molar-refractivity contribution is 6.30. The van der Waals surface area contributed by atoms with E-state index in [9.17, 15) is 0 Å². The van der Waals surface area contributed by atoms with Crippen molar-refractivity contribution in [2.45, 2.75) is 59.4 Å². The second-order valence-corrected chi connectivity index (χ2v) is 6.48. The number of nitrogens with zero attached hydrogens (tertiary/aromatic N) is 3. The zero-order chi connectivity index (χ0) is 14.2. The van der Waals surface area contributed by atoms with Crippen molar-refractivity contribution in [1.29, 1.82) is 0 Å². The molecule has 0 amide bonds. The van der Waals surface area contributed by atoms with E-state index in [2.05, 4.69) is 37.6 Å². The first kappa shape index (κ1) is 14.6. The SMILES string of the molecule is Cc1c(Cl)nc(C(C)C)nc1N1CCCC1C(C)C. The van der Waals surface area contributed by atoms with E-state index in [1.165, 1.54) is 12.8 Å². The minimum Gasteiger partial charge on any atom is -0.353 e. The van der Waals surface area contributed by atoms with Crippen LogP contribution in [0.3, 0.4) is 0 Å². The normalized spacial score (nSPS) is 19.8. The third-order valence-corrected chi connectivity index (χ3v) is 4.30. The molecule has 1 aromatic rings. The molecule has 1 atom stereocenters. The Morgan fingerprint density at radius 2 is 1.89 bits per heavy atom. The Hall–Kier alpha value is -0.830. The number of anilines is 1. The summed E-state index contributed by atoms with van der Waals surface area (Å²) in [6.45, 7) is 11.9. The summed E-state index contributed by atoms with van der Waals surface area (Å²) in [4.78, 5) is 11.6. The van der Waals surface area contributed by atoms with E-state index in [1.54, 1.807) is 0 Å². The van der Waals surface area contributed by atoms with Crippen molar-refractivity contribution in [3.05, 3.63) is 16.5 Å². The van der Waals surface area contributed by atoms with Crippen molar-refractivity contribution in [3.8, 4) is 0 Å². The lowest BCUT2D eigenvalue weighted by molar-refractivity contribution is 0.488. The Morgan fingerprint density at radius 1 is 1.21 bits per heavy atom. The molecule has 0 saturated carbocycles. The molecule has 1 aliphatic heterocycles. The molecule has 0 aliphatic carbocycles. The fraction of sp³-hybridized carbons (Fsp3) is 0.733. The lowest BCUT2D eigenvalue weighted by Gasteiger charge is -2.30. The van der Waals surface area contributed by atoms with Crippen LogP contribution in [-0.2, 0) is 0 Å². The minimum atomic E-state index is 0.303. The van der Waals surface area contributed by atoms with Crippen molar-refractivity contribution in [2.24, 2.45) is 5.92 Å². The predicted molar refractivity (Wildman–Crippen MR) is 81.1 cm³/mol. The molecule has 0 spiro atoms. The average Bonchev–Trinajstić information content (AvgIpc) is 2.81. The molecular weight excluding hydrogens is 258 g/mol. The van der Waals surface area contributed by atoms with Crippen molar-refractivity contribution >= 4 is 17.4 Å². The van der Waals surface area contributed by atoms with Gasteiger partial charge >= 0.3 is 0 Å². The van der Waals surface area contributed by atoms with E-state index in [4.69, 9.17) is 16.6 Å². The van der Waals surface area contributed by atoms with Gasteiger partial charge in [0.15, 0.2) is 0 Å². The monoisotopic (exact) mass is 281 g/mol. The third-order valence-electron chi connectivity index (χ3n) is 3.94. The standard InChI is InChI=1S/C15H24ClN3/c1-9(2)12-7-6-8-19(12)15-11(5)13(16)17-14(18-15)10(3)4/h9-10,12H,6-8H2,1-5H3. The van der Waals surface area contributed by atoms with E-state index in [0.29, 0.717) is 23.0 Å². The molecule has 4 heteroatoms. The number of hydrogen-bond donors (Lipinski definition) is 0. The topological polar surface area (TPSA) is 29.0 Å². The van der Waals surface area contributed by atoms with Crippen LogP contribution in [0.15, 0.2) is 0 Å². The van der Waals surface area contributed by atoms with Gasteiger partial charge < -0.3 is 4.90 Å². The van der Waals surface area contributed by atoms with Gasteiger partial charge in [-0.2, -0.15) is 0 Å². The van der Waals surface area contributed by atoms with Crippen LogP contribution in [0.1, 0.15) is 57.8 Å². The molecule has 0 N–H and O–H groups in total. The Bertz CT molecular complexity index is 457. The Balaban J connectivity index is 2.43. The van der Waals surface area contributed by atoms with Gasteiger partial charge in [-0.1, -0.05) is 39.3 Å². The smallest absolute Gasteiger partial charge is 0.137 e. The van der Waals surface area contributed by atoms with Crippen LogP contribution in [0.4, 0.5) is 5.82 Å². The Kier molecular flexibility index (Phi) is 4.34. The number of aromatic nitrogens is 2. The van der Waals surface area contributed by atoms with Crippen LogP contribution in [0.2, 0.25) is 5.15 Å². The molecule has 1 unspecified atom stereocenters. The first-order chi connectivity index (χ1) is 8.91. The summed E-state index contributed by atoms with van der Waals surface area (Å²) in [7, 11) is 0. The van der Waals surface area contributed by atoms with Crippen LogP contribution in [-0.4, -0.2) is 22.6 Å². The number of halogens is 1. The maximum atomic E-state index is 6.29. The first-order valence-electron chi connectivity index (χ1n) is 7.22. The van der Waals surface area contributed by atoms with Crippen LogP contribution in [0.5, 0.6) is 0 Å². The fourth-order valence-corrected chi connectivity index (χ4v) is 2.95. The zero-order valence-corrected chi connectivity index (χ0v) is 13.3. The second kappa shape index (κ2) is 5.66. The van der Waals surface area contributed by atoms with Gasteiger partial charge in [0, 0.05) is 24.1 Å². The Labute approximate surface area is 121 Å².